The van der Waals surface area contributed by atoms with E-state index in [2.05, 4.69) is 11.4 Å². The molecule has 2 heterocycles. The number of carbonyl (C=O) groups excluding carboxylic acids is 2. The monoisotopic (exact) mass is 412 g/mol. The summed E-state index contributed by atoms with van der Waals surface area (Å²) in [6.45, 7) is 1.81. The first-order valence-corrected chi connectivity index (χ1v) is 10.5. The molecule has 2 amide bonds. The van der Waals surface area contributed by atoms with Crippen molar-refractivity contribution in [2.75, 3.05) is 11.4 Å². The second-order valence-corrected chi connectivity index (χ2v) is 7.57. The highest BCUT2D eigenvalue weighted by molar-refractivity contribution is 5.97. The van der Waals surface area contributed by atoms with Gasteiger partial charge in [-0.05, 0) is 36.3 Å². The number of anilines is 1. The second kappa shape index (κ2) is 9.31. The number of hydrogen-bond donors (Lipinski definition) is 1. The highest BCUT2D eigenvalue weighted by atomic mass is 16.2. The number of amides is 2. The Labute approximate surface area is 181 Å². The number of hydrogen-bond acceptors (Lipinski definition) is 3. The van der Waals surface area contributed by atoms with Crippen molar-refractivity contribution in [3.8, 4) is 6.07 Å². The standard InChI is InChI=1S/C25H24N4O2/c26-14-4-15-28-18-20(22-5-1-2-6-23(22)28)10-13-24(30)27-17-19-8-11-21(12-9-19)29-16-3-7-25(29)31/h1-2,5-6,8-13,18H,3-4,7,15-17H2,(H,27,30)/b13-10+. The number of nitriles is 1. The zero-order valence-electron chi connectivity index (χ0n) is 17.3. The summed E-state index contributed by atoms with van der Waals surface area (Å²) in [5.74, 6) is -0.00664. The third kappa shape index (κ3) is 4.67. The summed E-state index contributed by atoms with van der Waals surface area (Å²) in [5.41, 5.74) is 3.88. The fourth-order valence-corrected chi connectivity index (χ4v) is 3.89. The van der Waals surface area contributed by atoms with Gasteiger partial charge < -0.3 is 14.8 Å². The van der Waals surface area contributed by atoms with Gasteiger partial charge in [-0.3, -0.25) is 9.59 Å². The molecular weight excluding hydrogens is 388 g/mol. The lowest BCUT2D eigenvalue weighted by molar-refractivity contribution is -0.117. The fraction of sp³-hybridized carbons (Fsp3) is 0.240. The number of para-hydroxylation sites is 1. The predicted octanol–water partition coefficient (Wildman–Crippen LogP) is 4.01. The van der Waals surface area contributed by atoms with Crippen LogP contribution in [0.5, 0.6) is 0 Å². The maximum atomic E-state index is 12.3. The van der Waals surface area contributed by atoms with E-state index in [1.165, 1.54) is 6.08 Å². The van der Waals surface area contributed by atoms with Crippen LogP contribution in [0.15, 0.2) is 60.8 Å². The van der Waals surface area contributed by atoms with Gasteiger partial charge in [-0.25, -0.2) is 0 Å². The molecule has 0 saturated carbocycles. The van der Waals surface area contributed by atoms with E-state index in [-0.39, 0.29) is 11.8 Å². The van der Waals surface area contributed by atoms with Crippen molar-refractivity contribution in [3.63, 3.8) is 0 Å². The van der Waals surface area contributed by atoms with Crippen molar-refractivity contribution in [2.24, 2.45) is 0 Å². The molecule has 6 nitrogen and oxygen atoms in total. The Morgan fingerprint density at radius 1 is 1.16 bits per heavy atom. The number of nitrogens with zero attached hydrogens (tertiary/aromatic N) is 3. The Morgan fingerprint density at radius 2 is 1.97 bits per heavy atom. The molecule has 1 N–H and O–H groups in total. The maximum Gasteiger partial charge on any atom is 0.244 e. The van der Waals surface area contributed by atoms with E-state index in [1.54, 1.807) is 4.90 Å². The second-order valence-electron chi connectivity index (χ2n) is 7.57. The van der Waals surface area contributed by atoms with E-state index in [1.807, 2.05) is 65.4 Å². The van der Waals surface area contributed by atoms with Crippen LogP contribution in [-0.2, 0) is 22.7 Å². The van der Waals surface area contributed by atoms with Gasteiger partial charge in [0.15, 0.2) is 0 Å². The first-order valence-electron chi connectivity index (χ1n) is 10.5. The fourth-order valence-electron chi connectivity index (χ4n) is 3.89. The zero-order chi connectivity index (χ0) is 21.6. The Morgan fingerprint density at radius 3 is 2.71 bits per heavy atom. The topological polar surface area (TPSA) is 78.1 Å². The molecule has 1 aliphatic heterocycles. The van der Waals surface area contributed by atoms with Gasteiger partial charge >= 0.3 is 0 Å². The summed E-state index contributed by atoms with van der Waals surface area (Å²) in [4.78, 5) is 26.0. The molecule has 0 unspecified atom stereocenters. The van der Waals surface area contributed by atoms with E-state index in [4.69, 9.17) is 5.26 Å². The molecule has 3 aromatic rings. The Balaban J connectivity index is 1.38. The molecule has 1 saturated heterocycles. The van der Waals surface area contributed by atoms with E-state index < -0.39 is 0 Å². The predicted molar refractivity (Wildman–Crippen MR) is 121 cm³/mol. The van der Waals surface area contributed by atoms with E-state index in [0.29, 0.717) is 25.9 Å². The molecule has 0 aliphatic carbocycles. The number of nitrogens with one attached hydrogen (secondary N) is 1. The third-order valence-electron chi connectivity index (χ3n) is 5.49. The number of carbonyl (C=O) groups is 2. The first kappa shape index (κ1) is 20.4. The molecule has 4 rings (SSSR count). The summed E-state index contributed by atoms with van der Waals surface area (Å²) >= 11 is 0. The summed E-state index contributed by atoms with van der Waals surface area (Å²) in [6.07, 6.45) is 7.27. The van der Waals surface area contributed by atoms with Gasteiger partial charge in [0.05, 0.1) is 12.5 Å². The summed E-state index contributed by atoms with van der Waals surface area (Å²) < 4.78 is 2.04. The van der Waals surface area contributed by atoms with Crippen LogP contribution in [0.1, 0.15) is 30.4 Å². The smallest absolute Gasteiger partial charge is 0.244 e. The Kier molecular flexibility index (Phi) is 6.13. The van der Waals surface area contributed by atoms with E-state index in [9.17, 15) is 9.59 Å². The molecule has 2 aromatic carbocycles. The molecule has 1 aromatic heterocycles. The van der Waals surface area contributed by atoms with Crippen LogP contribution in [0.3, 0.4) is 0 Å². The molecule has 0 radical (unpaired) electrons. The molecule has 31 heavy (non-hydrogen) atoms. The average Bonchev–Trinajstić information content (AvgIpc) is 3.38. The van der Waals surface area contributed by atoms with Crippen LogP contribution < -0.4 is 10.2 Å². The minimum absolute atomic E-state index is 0.167. The molecular formula is C25H24N4O2. The molecule has 156 valence electrons. The summed E-state index contributed by atoms with van der Waals surface area (Å²) in [6, 6.07) is 17.9. The van der Waals surface area contributed by atoms with Gasteiger partial charge in [-0.2, -0.15) is 5.26 Å². The van der Waals surface area contributed by atoms with Gasteiger partial charge in [0.25, 0.3) is 0 Å². The first-order chi connectivity index (χ1) is 15.2. The largest absolute Gasteiger partial charge is 0.348 e. The third-order valence-corrected chi connectivity index (χ3v) is 5.49. The Hall–Kier alpha value is -3.85. The van der Waals surface area contributed by atoms with Crippen molar-refractivity contribution >= 4 is 34.5 Å². The van der Waals surface area contributed by atoms with Gasteiger partial charge in [-0.1, -0.05) is 30.3 Å². The van der Waals surface area contributed by atoms with Gasteiger partial charge in [0, 0.05) is 60.5 Å². The van der Waals surface area contributed by atoms with Crippen LogP contribution in [0, 0.1) is 11.3 Å². The van der Waals surface area contributed by atoms with Crippen molar-refractivity contribution in [1.29, 1.82) is 5.26 Å². The molecule has 0 bridgehead atoms. The Bertz CT molecular complexity index is 1170. The SMILES string of the molecule is N#CCCn1cc(/C=C/C(=O)NCc2ccc(N3CCCC3=O)cc2)c2ccccc21. The minimum atomic E-state index is -0.173. The van der Waals surface area contributed by atoms with E-state index in [0.717, 1.165) is 40.7 Å². The highest BCUT2D eigenvalue weighted by Crippen LogP contribution is 2.23. The van der Waals surface area contributed by atoms with Crippen LogP contribution in [0.4, 0.5) is 5.69 Å². The molecule has 0 atom stereocenters. The van der Waals surface area contributed by atoms with Gasteiger partial charge in [0.1, 0.15) is 0 Å². The lowest BCUT2D eigenvalue weighted by Crippen LogP contribution is -2.23. The van der Waals surface area contributed by atoms with Crippen molar-refractivity contribution in [2.45, 2.75) is 32.4 Å². The summed E-state index contributed by atoms with van der Waals surface area (Å²) in [7, 11) is 0. The maximum absolute atomic E-state index is 12.3. The zero-order valence-corrected chi connectivity index (χ0v) is 17.3. The number of benzene rings is 2. The van der Waals surface area contributed by atoms with Gasteiger partial charge in [0.2, 0.25) is 11.8 Å². The molecule has 0 spiro atoms. The van der Waals surface area contributed by atoms with Crippen LogP contribution in [0.2, 0.25) is 0 Å². The number of fused-ring (bicyclic) bond motifs is 1. The van der Waals surface area contributed by atoms with Crippen LogP contribution in [0.25, 0.3) is 17.0 Å². The lowest BCUT2D eigenvalue weighted by Gasteiger charge is -2.15. The molecule has 1 fully saturated rings. The van der Waals surface area contributed by atoms with Crippen molar-refractivity contribution in [3.05, 3.63) is 71.9 Å². The van der Waals surface area contributed by atoms with E-state index >= 15 is 0 Å². The number of aromatic nitrogens is 1. The quantitative estimate of drug-likeness (QED) is 0.596. The molecule has 6 heteroatoms. The van der Waals surface area contributed by atoms with Crippen molar-refractivity contribution < 1.29 is 9.59 Å². The van der Waals surface area contributed by atoms with Crippen LogP contribution >= 0.6 is 0 Å². The molecule has 1 aliphatic rings. The minimum Gasteiger partial charge on any atom is -0.348 e. The normalized spacial score (nSPS) is 13.8. The van der Waals surface area contributed by atoms with Crippen molar-refractivity contribution in [1.82, 2.24) is 9.88 Å². The number of aryl methyl sites for hydroxylation is 1. The van der Waals surface area contributed by atoms with Gasteiger partial charge in [-0.15, -0.1) is 0 Å². The average molecular weight is 412 g/mol. The number of rotatable bonds is 7. The lowest BCUT2D eigenvalue weighted by atomic mass is 10.1. The highest BCUT2D eigenvalue weighted by Gasteiger charge is 2.21. The summed E-state index contributed by atoms with van der Waals surface area (Å²) in [5, 5.41) is 12.8. The van der Waals surface area contributed by atoms with Crippen LogP contribution in [-0.4, -0.2) is 22.9 Å².